The van der Waals surface area contributed by atoms with Crippen LogP contribution in [-0.2, 0) is 14.3 Å². The zero-order valence-electron chi connectivity index (χ0n) is 19.2. The first-order chi connectivity index (χ1) is 15.4. The number of alkyl halides is 7. The number of hydrogen-bond donors (Lipinski definition) is 1. The van der Waals surface area contributed by atoms with Gasteiger partial charge in [0.1, 0.15) is 0 Å². The second kappa shape index (κ2) is 16.1. The van der Waals surface area contributed by atoms with E-state index >= 15 is 0 Å². The van der Waals surface area contributed by atoms with Crippen molar-refractivity contribution in [1.29, 1.82) is 0 Å². The largest absolute Gasteiger partial charge is 0.466 e. The highest BCUT2D eigenvalue weighted by Gasteiger charge is 2.76. The predicted molar refractivity (Wildman–Crippen MR) is 110 cm³/mol. The Labute approximate surface area is 191 Å². The summed E-state index contributed by atoms with van der Waals surface area (Å²) in [4.78, 5) is 22.5. The van der Waals surface area contributed by atoms with E-state index in [4.69, 9.17) is 4.74 Å². The zero-order chi connectivity index (χ0) is 25.4. The van der Waals surface area contributed by atoms with Gasteiger partial charge in [-0.05, 0) is 6.42 Å². The van der Waals surface area contributed by atoms with E-state index in [0.717, 1.165) is 25.7 Å². The standard InChI is InChI=1S/C22H36F7NO3/c1-2-3-4-5-6-7-8-9-10-11-12-13-14-17-33-18(31)15-16-30-19(32)20(23,24)21(25,26)22(27,28)29/h2-17H2,1H3,(H,30,32). The van der Waals surface area contributed by atoms with Crippen molar-refractivity contribution in [3.8, 4) is 0 Å². The Morgan fingerprint density at radius 1 is 0.697 bits per heavy atom. The third kappa shape index (κ3) is 12.5. The van der Waals surface area contributed by atoms with E-state index in [0.29, 0.717) is 6.42 Å². The quantitative estimate of drug-likeness (QED) is 0.120. The lowest BCUT2D eigenvalue weighted by atomic mass is 10.0. The first-order valence-electron chi connectivity index (χ1n) is 11.6. The maximum Gasteiger partial charge on any atom is 0.460 e. The van der Waals surface area contributed by atoms with Crippen LogP contribution in [0, 0.1) is 0 Å². The predicted octanol–water partition coefficient (Wildman–Crippen LogP) is 6.96. The van der Waals surface area contributed by atoms with Crippen molar-refractivity contribution in [1.82, 2.24) is 5.32 Å². The Morgan fingerprint density at radius 2 is 1.12 bits per heavy atom. The van der Waals surface area contributed by atoms with E-state index in [2.05, 4.69) is 6.92 Å². The van der Waals surface area contributed by atoms with Crippen LogP contribution in [0.3, 0.4) is 0 Å². The van der Waals surface area contributed by atoms with Gasteiger partial charge < -0.3 is 10.1 Å². The third-order valence-corrected chi connectivity index (χ3v) is 5.16. The van der Waals surface area contributed by atoms with E-state index in [1.807, 2.05) is 0 Å². The van der Waals surface area contributed by atoms with Gasteiger partial charge in [-0.25, -0.2) is 0 Å². The number of halogens is 7. The van der Waals surface area contributed by atoms with Gasteiger partial charge >= 0.3 is 24.0 Å². The molecule has 0 heterocycles. The second-order valence-corrected chi connectivity index (χ2v) is 8.12. The van der Waals surface area contributed by atoms with Crippen LogP contribution < -0.4 is 5.32 Å². The highest BCUT2D eigenvalue weighted by Crippen LogP contribution is 2.46. The molecule has 0 aliphatic heterocycles. The van der Waals surface area contributed by atoms with Crippen molar-refractivity contribution in [2.45, 2.75) is 115 Å². The molecule has 0 spiro atoms. The van der Waals surface area contributed by atoms with Crippen LogP contribution in [-0.4, -0.2) is 43.0 Å². The van der Waals surface area contributed by atoms with Crippen LogP contribution in [0.2, 0.25) is 0 Å². The number of hydrogen-bond acceptors (Lipinski definition) is 3. The van der Waals surface area contributed by atoms with Crippen molar-refractivity contribution < 1.29 is 45.1 Å². The summed E-state index contributed by atoms with van der Waals surface area (Å²) in [5, 5.41) is 1.21. The molecule has 0 radical (unpaired) electrons. The molecule has 0 saturated carbocycles. The van der Waals surface area contributed by atoms with Crippen molar-refractivity contribution in [3.05, 3.63) is 0 Å². The molecule has 0 aliphatic rings. The molecule has 1 amide bonds. The highest BCUT2D eigenvalue weighted by molar-refractivity contribution is 5.85. The number of nitrogens with one attached hydrogen (secondary N) is 1. The SMILES string of the molecule is CCCCCCCCCCCCCCCOC(=O)CCNC(=O)C(F)(F)C(F)(F)C(F)(F)F. The van der Waals surface area contributed by atoms with Gasteiger partial charge in [-0.15, -0.1) is 0 Å². The lowest BCUT2D eigenvalue weighted by Gasteiger charge is -2.26. The van der Waals surface area contributed by atoms with Crippen molar-refractivity contribution in [2.24, 2.45) is 0 Å². The molecular weight excluding hydrogens is 459 g/mol. The molecule has 0 bridgehead atoms. The molecular formula is C22H36F7NO3. The fraction of sp³-hybridized carbons (Fsp3) is 0.909. The van der Waals surface area contributed by atoms with Crippen LogP contribution in [0.15, 0.2) is 0 Å². The molecule has 1 N–H and O–H groups in total. The Hall–Kier alpha value is -1.55. The summed E-state index contributed by atoms with van der Waals surface area (Å²) in [6.07, 6.45) is 7.55. The summed E-state index contributed by atoms with van der Waals surface area (Å²) < 4.78 is 92.6. The topological polar surface area (TPSA) is 55.4 Å². The average Bonchev–Trinajstić information content (AvgIpc) is 2.72. The molecule has 11 heteroatoms. The first-order valence-corrected chi connectivity index (χ1v) is 11.6. The van der Waals surface area contributed by atoms with Crippen molar-refractivity contribution in [3.63, 3.8) is 0 Å². The summed E-state index contributed by atoms with van der Waals surface area (Å²) in [7, 11) is 0. The summed E-state index contributed by atoms with van der Waals surface area (Å²) in [6, 6.07) is 0. The molecule has 0 aromatic carbocycles. The fourth-order valence-electron chi connectivity index (χ4n) is 3.09. The number of rotatable bonds is 19. The Morgan fingerprint density at radius 3 is 1.55 bits per heavy atom. The van der Waals surface area contributed by atoms with Gasteiger partial charge in [-0.2, -0.15) is 30.7 Å². The number of unbranched alkanes of at least 4 members (excludes halogenated alkanes) is 12. The number of esters is 1. The van der Waals surface area contributed by atoms with Gasteiger partial charge in [0.05, 0.1) is 13.0 Å². The normalized spacial score (nSPS) is 12.6. The van der Waals surface area contributed by atoms with E-state index in [9.17, 15) is 40.3 Å². The van der Waals surface area contributed by atoms with E-state index in [1.54, 1.807) is 0 Å². The molecule has 0 rings (SSSR count). The zero-order valence-corrected chi connectivity index (χ0v) is 19.2. The van der Waals surface area contributed by atoms with Crippen LogP contribution in [0.25, 0.3) is 0 Å². The smallest absolute Gasteiger partial charge is 0.460 e. The average molecular weight is 496 g/mol. The van der Waals surface area contributed by atoms with Gasteiger partial charge in [0.15, 0.2) is 0 Å². The van der Waals surface area contributed by atoms with Crippen LogP contribution in [0.4, 0.5) is 30.7 Å². The van der Waals surface area contributed by atoms with E-state index in [-0.39, 0.29) is 6.61 Å². The van der Waals surface area contributed by atoms with Crippen molar-refractivity contribution >= 4 is 11.9 Å². The number of ether oxygens (including phenoxy) is 1. The maximum absolute atomic E-state index is 13.1. The van der Waals surface area contributed by atoms with E-state index < -0.39 is 42.9 Å². The van der Waals surface area contributed by atoms with Crippen LogP contribution >= 0.6 is 0 Å². The van der Waals surface area contributed by atoms with Gasteiger partial charge in [0.25, 0.3) is 5.91 Å². The Bertz CT molecular complexity index is 555. The lowest BCUT2D eigenvalue weighted by molar-refractivity contribution is -0.344. The molecule has 0 aromatic heterocycles. The minimum absolute atomic E-state index is 0.0762. The minimum atomic E-state index is -6.60. The summed E-state index contributed by atoms with van der Waals surface area (Å²) in [5.74, 6) is -16.2. The summed E-state index contributed by atoms with van der Waals surface area (Å²) in [5.41, 5.74) is 0. The molecule has 0 aromatic rings. The van der Waals surface area contributed by atoms with Gasteiger partial charge in [-0.3, -0.25) is 9.59 Å². The third-order valence-electron chi connectivity index (χ3n) is 5.16. The minimum Gasteiger partial charge on any atom is -0.466 e. The fourth-order valence-corrected chi connectivity index (χ4v) is 3.09. The maximum atomic E-state index is 13.1. The molecule has 196 valence electrons. The van der Waals surface area contributed by atoms with Crippen molar-refractivity contribution in [2.75, 3.05) is 13.2 Å². The molecule has 0 unspecified atom stereocenters. The van der Waals surface area contributed by atoms with Gasteiger partial charge in [0, 0.05) is 6.54 Å². The second-order valence-electron chi connectivity index (χ2n) is 8.12. The van der Waals surface area contributed by atoms with Crippen LogP contribution in [0.1, 0.15) is 96.8 Å². The van der Waals surface area contributed by atoms with Gasteiger partial charge in [0.2, 0.25) is 0 Å². The Balaban J connectivity index is 3.73. The molecule has 0 saturated heterocycles. The number of carbonyl (C=O) groups excluding carboxylic acids is 2. The highest BCUT2D eigenvalue weighted by atomic mass is 19.4. The molecule has 0 aliphatic carbocycles. The monoisotopic (exact) mass is 495 g/mol. The summed E-state index contributed by atoms with van der Waals surface area (Å²) in [6.45, 7) is 1.42. The number of amides is 1. The van der Waals surface area contributed by atoms with Gasteiger partial charge in [-0.1, -0.05) is 84.0 Å². The van der Waals surface area contributed by atoms with Crippen LogP contribution in [0.5, 0.6) is 0 Å². The lowest BCUT2D eigenvalue weighted by Crippen LogP contribution is -2.59. The number of carbonyl (C=O) groups is 2. The summed E-state index contributed by atoms with van der Waals surface area (Å²) >= 11 is 0. The Kier molecular flexibility index (Phi) is 15.4. The van der Waals surface area contributed by atoms with E-state index in [1.165, 1.54) is 56.7 Å². The first kappa shape index (κ1) is 31.4. The molecule has 0 fully saturated rings. The molecule has 33 heavy (non-hydrogen) atoms. The molecule has 4 nitrogen and oxygen atoms in total. The molecule has 0 atom stereocenters.